The van der Waals surface area contributed by atoms with Crippen LogP contribution in [0.4, 0.5) is 10.1 Å². The smallest absolute Gasteiger partial charge is 0.228 e. The lowest BCUT2D eigenvalue weighted by Crippen LogP contribution is -2.32. The topological polar surface area (TPSA) is 80.5 Å². The quantitative estimate of drug-likeness (QED) is 0.894. The number of carbonyl (C=O) groups is 1. The fourth-order valence-corrected chi connectivity index (χ4v) is 3.21. The molecule has 1 aromatic carbocycles. The predicted octanol–water partition coefficient (Wildman–Crippen LogP) is 1.53. The lowest BCUT2D eigenvalue weighted by atomic mass is 10.3. The van der Waals surface area contributed by atoms with Gasteiger partial charge in [0.05, 0.1) is 10.7 Å². The molecule has 1 saturated heterocycles. The van der Waals surface area contributed by atoms with Crippen LogP contribution in [0.3, 0.4) is 0 Å². The van der Waals surface area contributed by atoms with Crippen molar-refractivity contribution in [3.63, 3.8) is 0 Å². The first-order valence-corrected chi connectivity index (χ1v) is 7.53. The van der Waals surface area contributed by atoms with Crippen molar-refractivity contribution >= 4 is 44.8 Å². The predicted molar refractivity (Wildman–Crippen MR) is 70.3 cm³/mol. The Morgan fingerprint density at radius 1 is 1.37 bits per heavy atom. The Bertz CT molecular complexity index is 627. The molecule has 19 heavy (non-hydrogen) atoms. The number of rotatable bonds is 2. The molecule has 2 rings (SSSR count). The van der Waals surface area contributed by atoms with Crippen molar-refractivity contribution in [1.82, 2.24) is 0 Å². The Labute approximate surface area is 119 Å². The van der Waals surface area contributed by atoms with E-state index >= 15 is 0 Å². The maximum Gasteiger partial charge on any atom is 0.228 e. The van der Waals surface area contributed by atoms with E-state index in [-0.39, 0.29) is 28.7 Å². The first-order chi connectivity index (χ1) is 8.70. The number of sulfonamides is 1. The highest BCUT2D eigenvalue weighted by Gasteiger charge is 2.39. The second-order valence-corrected chi connectivity index (χ2v) is 6.83. The van der Waals surface area contributed by atoms with Crippen LogP contribution in [0.5, 0.6) is 0 Å². The minimum Gasteiger partial charge on any atom is -0.307 e. The van der Waals surface area contributed by atoms with Crippen LogP contribution in [0.1, 0.15) is 6.42 Å². The maximum absolute atomic E-state index is 13.8. The molecular formula is C10H9Cl2FN2O3S. The molecule has 1 amide bonds. The molecule has 0 bridgehead atoms. The van der Waals surface area contributed by atoms with E-state index in [4.69, 9.17) is 28.3 Å². The molecule has 1 heterocycles. The van der Waals surface area contributed by atoms with Gasteiger partial charge in [-0.3, -0.25) is 4.79 Å². The van der Waals surface area contributed by atoms with Gasteiger partial charge in [0, 0.05) is 18.0 Å². The average Bonchev–Trinajstić information content (AvgIpc) is 2.59. The van der Waals surface area contributed by atoms with Crippen molar-refractivity contribution in [3.8, 4) is 0 Å². The highest BCUT2D eigenvalue weighted by Crippen LogP contribution is 2.35. The minimum atomic E-state index is -3.86. The third-order valence-corrected chi connectivity index (χ3v) is 4.56. The molecule has 9 heteroatoms. The van der Waals surface area contributed by atoms with E-state index in [0.717, 1.165) is 11.0 Å². The number of nitrogens with zero attached hydrogens (tertiary/aromatic N) is 1. The van der Waals surface area contributed by atoms with Crippen LogP contribution in [0.15, 0.2) is 12.1 Å². The molecule has 1 aliphatic heterocycles. The van der Waals surface area contributed by atoms with Crippen LogP contribution in [-0.2, 0) is 14.8 Å². The first kappa shape index (κ1) is 14.5. The molecule has 2 N–H and O–H groups in total. The van der Waals surface area contributed by atoms with Crippen LogP contribution in [0.25, 0.3) is 0 Å². The van der Waals surface area contributed by atoms with Crippen molar-refractivity contribution in [2.75, 3.05) is 11.4 Å². The largest absolute Gasteiger partial charge is 0.307 e. The fraction of sp³-hybridized carbons (Fsp3) is 0.300. The minimum absolute atomic E-state index is 0.0616. The summed E-state index contributed by atoms with van der Waals surface area (Å²) in [5.41, 5.74) is -0.179. The molecule has 1 aliphatic rings. The van der Waals surface area contributed by atoms with Crippen LogP contribution < -0.4 is 10.0 Å². The molecule has 0 radical (unpaired) electrons. The van der Waals surface area contributed by atoms with Crippen LogP contribution in [0, 0.1) is 5.82 Å². The summed E-state index contributed by atoms with van der Waals surface area (Å²) in [6.45, 7) is -0.226. The number of hydrogen-bond acceptors (Lipinski definition) is 3. The third-order valence-electron chi connectivity index (χ3n) is 2.81. The lowest BCUT2D eigenvalue weighted by molar-refractivity contribution is -0.117. The van der Waals surface area contributed by atoms with Crippen molar-refractivity contribution in [3.05, 3.63) is 28.0 Å². The number of carbonyl (C=O) groups excluding carboxylic acids is 1. The van der Waals surface area contributed by atoms with E-state index in [9.17, 15) is 17.6 Å². The molecule has 0 aliphatic carbocycles. The molecule has 0 spiro atoms. The van der Waals surface area contributed by atoms with E-state index in [1.807, 2.05) is 0 Å². The summed E-state index contributed by atoms with van der Waals surface area (Å²) in [5.74, 6) is -1.34. The van der Waals surface area contributed by atoms with Crippen molar-refractivity contribution in [2.24, 2.45) is 5.14 Å². The molecule has 5 nitrogen and oxygen atoms in total. The SMILES string of the molecule is NS(=O)(=O)C1CC(=O)N(c2c(F)cc(Cl)cc2Cl)C1. The standard InChI is InChI=1S/C10H9Cl2FN2O3S/c11-5-1-7(12)10(8(13)2-5)15-4-6(3-9(15)16)19(14,17)18/h1-2,6H,3-4H2,(H2,14,17,18). The van der Waals surface area contributed by atoms with Crippen molar-refractivity contribution < 1.29 is 17.6 Å². The molecule has 1 atom stereocenters. The van der Waals surface area contributed by atoms with E-state index in [1.165, 1.54) is 6.07 Å². The van der Waals surface area contributed by atoms with Gasteiger partial charge in [-0.2, -0.15) is 0 Å². The van der Waals surface area contributed by atoms with Crippen LogP contribution in [0.2, 0.25) is 10.0 Å². The maximum atomic E-state index is 13.8. The molecule has 1 aromatic rings. The third kappa shape index (κ3) is 2.84. The number of amides is 1. The van der Waals surface area contributed by atoms with E-state index in [0.29, 0.717) is 0 Å². The van der Waals surface area contributed by atoms with Gasteiger partial charge in [-0.15, -0.1) is 0 Å². The number of benzene rings is 1. The number of anilines is 1. The molecule has 0 saturated carbocycles. The Hall–Kier alpha value is -0.890. The highest BCUT2D eigenvalue weighted by atomic mass is 35.5. The van der Waals surface area contributed by atoms with Crippen LogP contribution >= 0.6 is 23.2 Å². The second kappa shape index (κ2) is 4.90. The zero-order chi connectivity index (χ0) is 14.4. The van der Waals surface area contributed by atoms with Crippen molar-refractivity contribution in [1.29, 1.82) is 0 Å². The summed E-state index contributed by atoms with van der Waals surface area (Å²) in [6.07, 6.45) is -0.294. The summed E-state index contributed by atoms with van der Waals surface area (Å²) in [5, 5.41) is 3.95. The molecular weight excluding hydrogens is 318 g/mol. The van der Waals surface area contributed by atoms with Gasteiger partial charge in [-0.05, 0) is 12.1 Å². The van der Waals surface area contributed by atoms with E-state index < -0.39 is 27.0 Å². The Balaban J connectivity index is 2.42. The average molecular weight is 327 g/mol. The number of halogens is 3. The highest BCUT2D eigenvalue weighted by molar-refractivity contribution is 7.89. The molecule has 104 valence electrons. The molecule has 0 aromatic heterocycles. The normalized spacial score (nSPS) is 20.1. The lowest BCUT2D eigenvalue weighted by Gasteiger charge is -2.18. The zero-order valence-corrected chi connectivity index (χ0v) is 11.8. The fourth-order valence-electron chi connectivity index (χ4n) is 1.90. The number of hydrogen-bond donors (Lipinski definition) is 1. The van der Waals surface area contributed by atoms with Gasteiger partial charge in [-0.1, -0.05) is 23.2 Å². The van der Waals surface area contributed by atoms with Gasteiger partial charge >= 0.3 is 0 Å². The van der Waals surface area contributed by atoms with E-state index in [2.05, 4.69) is 0 Å². The van der Waals surface area contributed by atoms with Gasteiger partial charge in [0.25, 0.3) is 0 Å². The van der Waals surface area contributed by atoms with E-state index in [1.54, 1.807) is 0 Å². The van der Waals surface area contributed by atoms with Gasteiger partial charge < -0.3 is 4.90 Å². The van der Waals surface area contributed by atoms with Gasteiger partial charge in [-0.25, -0.2) is 17.9 Å². The van der Waals surface area contributed by atoms with Gasteiger partial charge in [0.1, 0.15) is 11.1 Å². The number of nitrogens with two attached hydrogens (primary N) is 1. The first-order valence-electron chi connectivity index (χ1n) is 5.16. The summed E-state index contributed by atoms with van der Waals surface area (Å²) in [6, 6.07) is 2.28. The summed E-state index contributed by atoms with van der Waals surface area (Å²) >= 11 is 11.5. The Morgan fingerprint density at radius 2 is 2.00 bits per heavy atom. The summed E-state index contributed by atoms with van der Waals surface area (Å²) in [4.78, 5) is 12.7. The number of primary sulfonamides is 1. The summed E-state index contributed by atoms with van der Waals surface area (Å²) in [7, 11) is -3.86. The molecule has 1 fully saturated rings. The second-order valence-electron chi connectivity index (χ2n) is 4.14. The summed E-state index contributed by atoms with van der Waals surface area (Å²) < 4.78 is 36.3. The molecule has 1 unspecified atom stereocenters. The van der Waals surface area contributed by atoms with Gasteiger partial charge in [0.15, 0.2) is 0 Å². The van der Waals surface area contributed by atoms with Crippen LogP contribution in [-0.4, -0.2) is 26.1 Å². The Kier molecular flexibility index (Phi) is 3.74. The zero-order valence-electron chi connectivity index (χ0n) is 9.44. The monoisotopic (exact) mass is 326 g/mol. The van der Waals surface area contributed by atoms with Gasteiger partial charge in [0.2, 0.25) is 15.9 Å². The Morgan fingerprint density at radius 3 is 2.47 bits per heavy atom. The van der Waals surface area contributed by atoms with Crippen molar-refractivity contribution in [2.45, 2.75) is 11.7 Å².